The molecule has 0 amide bonds. The van der Waals surface area contributed by atoms with E-state index in [9.17, 15) is 0 Å². The fraction of sp³-hybridized carbons (Fsp3) is 0.333. The predicted molar refractivity (Wildman–Crippen MR) is 167 cm³/mol. The maximum atomic E-state index is 5.85. The lowest BCUT2D eigenvalue weighted by atomic mass is 9.63. The zero-order chi connectivity index (χ0) is 31.1. The molecule has 2 aliphatic carbocycles. The molecule has 4 aromatic carbocycles. The summed E-state index contributed by atoms with van der Waals surface area (Å²) in [7, 11) is 13.3. The van der Waals surface area contributed by atoms with Gasteiger partial charge in [0.2, 0.25) is 0 Å². The molecular weight excluding hydrogens is 560 g/mol. The number of hydrogen-bond acceptors (Lipinski definition) is 8. The molecule has 6 rings (SSSR count). The Kier molecular flexibility index (Phi) is 7.84. The van der Waals surface area contributed by atoms with Gasteiger partial charge >= 0.3 is 0 Å². The van der Waals surface area contributed by atoms with Crippen molar-refractivity contribution in [2.45, 2.75) is 23.7 Å². The normalized spacial score (nSPS) is 19.4. The smallest absolute Gasteiger partial charge is 0.161 e. The first-order valence-corrected chi connectivity index (χ1v) is 14.4. The first kappa shape index (κ1) is 29.4. The third-order valence-corrected chi connectivity index (χ3v) is 9.21. The van der Waals surface area contributed by atoms with E-state index in [1.807, 2.05) is 12.1 Å². The molecule has 8 heteroatoms. The van der Waals surface area contributed by atoms with Crippen molar-refractivity contribution in [3.05, 3.63) is 94.0 Å². The molecule has 2 aliphatic rings. The predicted octanol–water partition coefficient (Wildman–Crippen LogP) is 6.91. The molecule has 44 heavy (non-hydrogen) atoms. The summed E-state index contributed by atoms with van der Waals surface area (Å²) in [6.07, 6.45) is 0. The molecule has 0 aromatic heterocycles. The van der Waals surface area contributed by atoms with Crippen LogP contribution < -0.4 is 37.9 Å². The van der Waals surface area contributed by atoms with Crippen LogP contribution >= 0.6 is 0 Å². The van der Waals surface area contributed by atoms with Crippen molar-refractivity contribution >= 4 is 0 Å². The third kappa shape index (κ3) is 4.43. The van der Waals surface area contributed by atoms with E-state index in [-0.39, 0.29) is 23.7 Å². The molecule has 4 atom stereocenters. The largest absolute Gasteiger partial charge is 0.493 e. The van der Waals surface area contributed by atoms with Crippen molar-refractivity contribution in [3.63, 3.8) is 0 Å². The Hall–Kier alpha value is -4.72. The Bertz CT molecular complexity index is 1700. The Morgan fingerprint density at radius 3 is 1.11 bits per heavy atom. The fourth-order valence-corrected chi connectivity index (χ4v) is 7.35. The summed E-state index contributed by atoms with van der Waals surface area (Å²) in [5.41, 5.74) is 6.93. The van der Waals surface area contributed by atoms with Gasteiger partial charge in [0.1, 0.15) is 0 Å². The van der Waals surface area contributed by atoms with E-state index in [0.717, 1.165) is 22.3 Å². The topological polar surface area (TPSA) is 73.8 Å². The number of benzene rings is 4. The quantitative estimate of drug-likeness (QED) is 0.195. The van der Waals surface area contributed by atoms with Crippen LogP contribution in [0.2, 0.25) is 0 Å². The molecule has 0 radical (unpaired) electrons. The van der Waals surface area contributed by atoms with Gasteiger partial charge in [-0.1, -0.05) is 12.1 Å². The molecule has 0 fully saturated rings. The Labute approximate surface area is 258 Å². The Balaban J connectivity index is 1.71. The molecule has 0 saturated heterocycles. The average molecular weight is 599 g/mol. The van der Waals surface area contributed by atoms with Crippen molar-refractivity contribution in [1.82, 2.24) is 0 Å². The first-order valence-electron chi connectivity index (χ1n) is 14.4. The van der Waals surface area contributed by atoms with Crippen molar-refractivity contribution in [1.29, 1.82) is 0 Å². The van der Waals surface area contributed by atoms with Gasteiger partial charge in [0.25, 0.3) is 0 Å². The van der Waals surface area contributed by atoms with Crippen LogP contribution in [0.25, 0.3) is 0 Å². The highest BCUT2D eigenvalue weighted by atomic mass is 16.5. The minimum absolute atomic E-state index is 0.0107. The molecule has 2 bridgehead atoms. The van der Waals surface area contributed by atoms with Gasteiger partial charge in [-0.25, -0.2) is 0 Å². The second-order valence-corrected chi connectivity index (χ2v) is 10.9. The fourth-order valence-electron chi connectivity index (χ4n) is 7.35. The lowest BCUT2D eigenvalue weighted by molar-refractivity contribution is 0.348. The maximum absolute atomic E-state index is 5.85. The lowest BCUT2D eigenvalue weighted by Gasteiger charge is -2.40. The van der Waals surface area contributed by atoms with Gasteiger partial charge < -0.3 is 37.9 Å². The molecule has 8 nitrogen and oxygen atoms in total. The molecule has 230 valence electrons. The van der Waals surface area contributed by atoms with Crippen LogP contribution in [0.1, 0.15) is 57.1 Å². The van der Waals surface area contributed by atoms with Crippen LogP contribution in [0, 0.1) is 0 Å². The van der Waals surface area contributed by atoms with E-state index in [1.165, 1.54) is 11.1 Å². The van der Waals surface area contributed by atoms with Gasteiger partial charge in [-0.3, -0.25) is 0 Å². The Morgan fingerprint density at radius 1 is 0.318 bits per heavy atom. The Morgan fingerprint density at radius 2 is 0.659 bits per heavy atom. The van der Waals surface area contributed by atoms with Gasteiger partial charge in [-0.15, -0.1) is 0 Å². The van der Waals surface area contributed by atoms with Crippen LogP contribution in [-0.4, -0.2) is 56.9 Å². The molecule has 4 aromatic rings. The average Bonchev–Trinajstić information content (AvgIpc) is 3.34. The maximum Gasteiger partial charge on any atom is 0.161 e. The molecule has 0 aliphatic heterocycles. The lowest BCUT2D eigenvalue weighted by Crippen LogP contribution is -2.26. The highest BCUT2D eigenvalue weighted by Crippen LogP contribution is 2.67. The standard InChI is InChI=1S/C36H38O8/c1-37-25-11-9-19(13-27(25)39-3)33-21-15-29(41-5)30(42-6)16-22(21)35-23-17-31(43-7)32(44-8)18-24(23)36(33)34(35)20-10-12-26(38-2)28(14-20)40-4/h9-18,33-36H,1-8H3/t33-,34-,35+,36+/m0/s1. The molecular formula is C36H38O8. The zero-order valence-corrected chi connectivity index (χ0v) is 26.3. The SMILES string of the molecule is COc1ccc([C@H]2c3cc(OC)c(OC)cc3[C@@H]3c4cc(OC)c(OC)cc4[C@H]2[C@H]3c2ccc(OC)c(OC)c2)cc1OC. The number of methoxy groups -OCH3 is 8. The van der Waals surface area contributed by atoms with E-state index in [1.54, 1.807) is 56.9 Å². The molecule has 0 saturated carbocycles. The van der Waals surface area contributed by atoms with Gasteiger partial charge in [0.15, 0.2) is 46.0 Å². The van der Waals surface area contributed by atoms with Crippen molar-refractivity contribution < 1.29 is 37.9 Å². The number of rotatable bonds is 10. The highest BCUT2D eigenvalue weighted by molar-refractivity contribution is 5.68. The number of ether oxygens (including phenoxy) is 8. The summed E-state index contributed by atoms with van der Waals surface area (Å²) in [6.45, 7) is 0. The van der Waals surface area contributed by atoms with Crippen LogP contribution in [0.15, 0.2) is 60.7 Å². The first-order chi connectivity index (χ1) is 21.5. The molecule has 0 N–H and O–H groups in total. The summed E-state index contributed by atoms with van der Waals surface area (Å²) in [5, 5.41) is 0. The monoisotopic (exact) mass is 598 g/mol. The summed E-state index contributed by atoms with van der Waals surface area (Å²) in [6, 6.07) is 20.9. The van der Waals surface area contributed by atoms with E-state index < -0.39 is 0 Å². The third-order valence-electron chi connectivity index (χ3n) is 9.21. The number of fused-ring (bicyclic) bond motifs is 7. The molecule has 0 spiro atoms. The van der Waals surface area contributed by atoms with Crippen molar-refractivity contribution in [3.8, 4) is 46.0 Å². The zero-order valence-electron chi connectivity index (χ0n) is 26.3. The van der Waals surface area contributed by atoms with Crippen LogP contribution in [-0.2, 0) is 0 Å². The van der Waals surface area contributed by atoms with E-state index >= 15 is 0 Å². The van der Waals surface area contributed by atoms with Gasteiger partial charge in [0.05, 0.1) is 56.9 Å². The minimum Gasteiger partial charge on any atom is -0.493 e. The molecule has 0 unspecified atom stereocenters. The summed E-state index contributed by atoms with van der Waals surface area (Å²) in [4.78, 5) is 0. The van der Waals surface area contributed by atoms with Crippen LogP contribution in [0.5, 0.6) is 46.0 Å². The second-order valence-electron chi connectivity index (χ2n) is 10.9. The van der Waals surface area contributed by atoms with E-state index in [2.05, 4.69) is 48.5 Å². The van der Waals surface area contributed by atoms with E-state index in [4.69, 9.17) is 37.9 Å². The minimum atomic E-state index is -0.0849. The highest BCUT2D eigenvalue weighted by Gasteiger charge is 2.52. The molecule has 0 heterocycles. The van der Waals surface area contributed by atoms with E-state index in [0.29, 0.717) is 46.0 Å². The number of hydrogen-bond donors (Lipinski definition) is 0. The summed E-state index contributed by atoms with van der Waals surface area (Å²) >= 11 is 0. The summed E-state index contributed by atoms with van der Waals surface area (Å²) in [5.74, 6) is 5.39. The second kappa shape index (κ2) is 11.8. The van der Waals surface area contributed by atoms with Gasteiger partial charge in [-0.2, -0.15) is 0 Å². The van der Waals surface area contributed by atoms with Crippen molar-refractivity contribution in [2.24, 2.45) is 0 Å². The van der Waals surface area contributed by atoms with Gasteiger partial charge in [0, 0.05) is 23.7 Å². The summed E-state index contributed by atoms with van der Waals surface area (Å²) < 4.78 is 46.1. The van der Waals surface area contributed by atoms with Crippen LogP contribution in [0.4, 0.5) is 0 Å². The van der Waals surface area contributed by atoms with Crippen molar-refractivity contribution in [2.75, 3.05) is 56.9 Å². The van der Waals surface area contributed by atoms with Crippen LogP contribution in [0.3, 0.4) is 0 Å². The van der Waals surface area contributed by atoms with Gasteiger partial charge in [-0.05, 0) is 81.9 Å².